The summed E-state index contributed by atoms with van der Waals surface area (Å²) in [5.41, 5.74) is 1.58. The number of para-hydroxylation sites is 1. The number of hydrogen-bond acceptors (Lipinski definition) is 4. The van der Waals surface area contributed by atoms with Crippen LogP contribution in [0, 0.1) is 24.2 Å². The first-order valence-corrected chi connectivity index (χ1v) is 8.64. The van der Waals surface area contributed by atoms with Crippen molar-refractivity contribution in [1.82, 2.24) is 5.32 Å². The van der Waals surface area contributed by atoms with Gasteiger partial charge in [-0.25, -0.2) is 0 Å². The molecular formula is C21H24N2O3. The van der Waals surface area contributed by atoms with Crippen LogP contribution < -0.4 is 14.8 Å². The van der Waals surface area contributed by atoms with Gasteiger partial charge in [0.1, 0.15) is 24.2 Å². The SMILES string of the molecule is Cc1ccc(OCCNC(=O)C(Oc2ccccc2C#N)C(C)C)cc1. The van der Waals surface area contributed by atoms with E-state index in [1.165, 1.54) is 5.56 Å². The van der Waals surface area contributed by atoms with Crippen molar-refractivity contribution in [2.24, 2.45) is 5.92 Å². The third-order valence-corrected chi connectivity index (χ3v) is 3.82. The van der Waals surface area contributed by atoms with Crippen LogP contribution in [0.3, 0.4) is 0 Å². The number of aryl methyl sites for hydroxylation is 1. The van der Waals surface area contributed by atoms with E-state index in [0.29, 0.717) is 24.5 Å². The molecule has 0 aliphatic carbocycles. The molecule has 5 heteroatoms. The second kappa shape index (κ2) is 9.47. The number of ether oxygens (including phenoxy) is 2. The second-order valence-electron chi connectivity index (χ2n) is 6.34. The van der Waals surface area contributed by atoms with Crippen molar-refractivity contribution in [1.29, 1.82) is 5.26 Å². The summed E-state index contributed by atoms with van der Waals surface area (Å²) in [5, 5.41) is 12.0. The molecule has 2 aromatic rings. The molecule has 1 amide bonds. The minimum absolute atomic E-state index is 0.0419. The van der Waals surface area contributed by atoms with Gasteiger partial charge < -0.3 is 14.8 Å². The Labute approximate surface area is 154 Å². The van der Waals surface area contributed by atoms with Crippen LogP contribution in [0.15, 0.2) is 48.5 Å². The first-order chi connectivity index (χ1) is 12.5. The van der Waals surface area contributed by atoms with Crippen LogP contribution in [-0.4, -0.2) is 25.2 Å². The van der Waals surface area contributed by atoms with E-state index in [1.807, 2.05) is 45.0 Å². The molecule has 136 valence electrons. The number of hydrogen-bond donors (Lipinski definition) is 1. The van der Waals surface area contributed by atoms with E-state index in [9.17, 15) is 4.79 Å². The molecule has 0 bridgehead atoms. The van der Waals surface area contributed by atoms with Gasteiger partial charge in [0.05, 0.1) is 12.1 Å². The molecule has 26 heavy (non-hydrogen) atoms. The summed E-state index contributed by atoms with van der Waals surface area (Å²) in [6, 6.07) is 16.7. The highest BCUT2D eigenvalue weighted by molar-refractivity contribution is 5.81. The summed E-state index contributed by atoms with van der Waals surface area (Å²) in [5.74, 6) is 0.921. The molecule has 1 unspecified atom stereocenters. The molecule has 2 aromatic carbocycles. The highest BCUT2D eigenvalue weighted by atomic mass is 16.5. The average molecular weight is 352 g/mol. The number of rotatable bonds is 8. The van der Waals surface area contributed by atoms with Crippen LogP contribution in [0.5, 0.6) is 11.5 Å². The van der Waals surface area contributed by atoms with Crippen LogP contribution in [0.2, 0.25) is 0 Å². The summed E-state index contributed by atoms with van der Waals surface area (Å²) >= 11 is 0. The molecule has 1 atom stereocenters. The molecule has 5 nitrogen and oxygen atoms in total. The smallest absolute Gasteiger partial charge is 0.261 e. The number of nitrogens with zero attached hydrogens (tertiary/aromatic N) is 1. The number of nitriles is 1. The monoisotopic (exact) mass is 352 g/mol. The Morgan fingerprint density at radius 3 is 2.50 bits per heavy atom. The maximum atomic E-state index is 12.5. The number of carbonyl (C=O) groups excluding carboxylic acids is 1. The third kappa shape index (κ3) is 5.52. The van der Waals surface area contributed by atoms with E-state index in [4.69, 9.17) is 14.7 Å². The molecule has 0 aromatic heterocycles. The van der Waals surface area contributed by atoms with Crippen LogP contribution in [0.1, 0.15) is 25.0 Å². The zero-order valence-electron chi connectivity index (χ0n) is 15.4. The highest BCUT2D eigenvalue weighted by Crippen LogP contribution is 2.20. The van der Waals surface area contributed by atoms with Crippen LogP contribution >= 0.6 is 0 Å². The molecular weight excluding hydrogens is 328 g/mol. The van der Waals surface area contributed by atoms with Crippen molar-refractivity contribution in [2.45, 2.75) is 26.9 Å². The van der Waals surface area contributed by atoms with Crippen molar-refractivity contribution in [3.8, 4) is 17.6 Å². The van der Waals surface area contributed by atoms with E-state index in [-0.39, 0.29) is 11.8 Å². The van der Waals surface area contributed by atoms with Gasteiger partial charge in [0, 0.05) is 0 Å². The van der Waals surface area contributed by atoms with E-state index in [1.54, 1.807) is 24.3 Å². The molecule has 0 spiro atoms. The third-order valence-electron chi connectivity index (χ3n) is 3.82. The topological polar surface area (TPSA) is 71.3 Å². The number of benzene rings is 2. The lowest BCUT2D eigenvalue weighted by Gasteiger charge is -2.22. The maximum absolute atomic E-state index is 12.5. The fourth-order valence-electron chi connectivity index (χ4n) is 2.37. The molecule has 0 fully saturated rings. The second-order valence-corrected chi connectivity index (χ2v) is 6.34. The lowest BCUT2D eigenvalue weighted by Crippen LogP contribution is -2.43. The number of carbonyl (C=O) groups is 1. The summed E-state index contributed by atoms with van der Waals surface area (Å²) in [7, 11) is 0. The van der Waals surface area contributed by atoms with Gasteiger partial charge in [-0.3, -0.25) is 4.79 Å². The molecule has 0 saturated carbocycles. The maximum Gasteiger partial charge on any atom is 0.261 e. The first-order valence-electron chi connectivity index (χ1n) is 8.64. The molecule has 0 aliphatic heterocycles. The predicted octanol–water partition coefficient (Wildman–Crippen LogP) is 3.47. The average Bonchev–Trinajstić information content (AvgIpc) is 2.64. The van der Waals surface area contributed by atoms with Crippen molar-refractivity contribution < 1.29 is 14.3 Å². The molecule has 0 heterocycles. The van der Waals surface area contributed by atoms with Gasteiger partial charge in [0.15, 0.2) is 6.10 Å². The normalized spacial score (nSPS) is 11.5. The van der Waals surface area contributed by atoms with Gasteiger partial charge >= 0.3 is 0 Å². The fourth-order valence-corrected chi connectivity index (χ4v) is 2.37. The molecule has 2 rings (SSSR count). The Bertz CT molecular complexity index is 764. The molecule has 0 radical (unpaired) electrons. The lowest BCUT2D eigenvalue weighted by atomic mass is 10.1. The summed E-state index contributed by atoms with van der Waals surface area (Å²) in [4.78, 5) is 12.5. The summed E-state index contributed by atoms with van der Waals surface area (Å²) in [6.45, 7) is 6.57. The van der Waals surface area contributed by atoms with Gasteiger partial charge in [0.25, 0.3) is 5.91 Å². The minimum atomic E-state index is -0.677. The molecule has 1 N–H and O–H groups in total. The van der Waals surface area contributed by atoms with E-state index >= 15 is 0 Å². The Kier molecular flexibility index (Phi) is 7.04. The van der Waals surface area contributed by atoms with Gasteiger partial charge in [0.2, 0.25) is 0 Å². The van der Waals surface area contributed by atoms with Crippen molar-refractivity contribution >= 4 is 5.91 Å². The Balaban J connectivity index is 1.88. The fraction of sp³-hybridized carbons (Fsp3) is 0.333. The zero-order chi connectivity index (χ0) is 18.9. The summed E-state index contributed by atoms with van der Waals surface area (Å²) in [6.07, 6.45) is -0.677. The molecule has 0 aliphatic rings. The highest BCUT2D eigenvalue weighted by Gasteiger charge is 2.24. The van der Waals surface area contributed by atoms with E-state index < -0.39 is 6.10 Å². The van der Waals surface area contributed by atoms with Crippen molar-refractivity contribution in [3.05, 3.63) is 59.7 Å². The van der Waals surface area contributed by atoms with Crippen molar-refractivity contribution in [2.75, 3.05) is 13.2 Å². The largest absolute Gasteiger partial charge is 0.492 e. The summed E-state index contributed by atoms with van der Waals surface area (Å²) < 4.78 is 11.4. The van der Waals surface area contributed by atoms with Crippen LogP contribution in [0.4, 0.5) is 0 Å². The molecule has 0 saturated heterocycles. The Morgan fingerprint density at radius 2 is 1.85 bits per heavy atom. The Hall–Kier alpha value is -3.00. The zero-order valence-corrected chi connectivity index (χ0v) is 15.4. The van der Waals surface area contributed by atoms with Crippen LogP contribution in [-0.2, 0) is 4.79 Å². The number of amides is 1. The van der Waals surface area contributed by atoms with Crippen LogP contribution in [0.25, 0.3) is 0 Å². The predicted molar refractivity (Wildman–Crippen MR) is 100 cm³/mol. The van der Waals surface area contributed by atoms with E-state index in [0.717, 1.165) is 5.75 Å². The van der Waals surface area contributed by atoms with E-state index in [2.05, 4.69) is 11.4 Å². The quantitative estimate of drug-likeness (QED) is 0.739. The van der Waals surface area contributed by atoms with Gasteiger partial charge in [-0.2, -0.15) is 5.26 Å². The minimum Gasteiger partial charge on any atom is -0.492 e. The van der Waals surface area contributed by atoms with Crippen molar-refractivity contribution in [3.63, 3.8) is 0 Å². The van der Waals surface area contributed by atoms with Gasteiger partial charge in [-0.05, 0) is 37.1 Å². The van der Waals surface area contributed by atoms with Gasteiger partial charge in [-0.1, -0.05) is 43.7 Å². The standard InChI is InChI=1S/C21H24N2O3/c1-15(2)20(26-19-7-5-4-6-17(19)14-22)21(24)23-12-13-25-18-10-8-16(3)9-11-18/h4-11,15,20H,12-13H2,1-3H3,(H,23,24). The Morgan fingerprint density at radius 1 is 1.15 bits per heavy atom. The first kappa shape index (κ1) is 19.3. The number of nitrogens with one attached hydrogen (secondary N) is 1. The van der Waals surface area contributed by atoms with Gasteiger partial charge in [-0.15, -0.1) is 0 Å². The lowest BCUT2D eigenvalue weighted by molar-refractivity contribution is -0.129.